The van der Waals surface area contributed by atoms with Crippen LogP contribution in [-0.2, 0) is 20.9 Å². The second-order valence-corrected chi connectivity index (χ2v) is 4.95. The Hall–Kier alpha value is -1.40. The summed E-state index contributed by atoms with van der Waals surface area (Å²) >= 11 is 1.61. The first-order valence-electron chi connectivity index (χ1n) is 5.66. The summed E-state index contributed by atoms with van der Waals surface area (Å²) in [4.78, 5) is 25.5. The molecule has 18 heavy (non-hydrogen) atoms. The number of nitrogens with zero attached hydrogens (tertiary/aromatic N) is 1. The molecule has 1 aromatic rings. The number of amides is 1. The molecule has 0 atom stereocenters. The summed E-state index contributed by atoms with van der Waals surface area (Å²) < 4.78 is 4.54. The molecule has 6 heteroatoms. The second-order valence-electron chi connectivity index (χ2n) is 3.92. The van der Waals surface area contributed by atoms with Gasteiger partial charge >= 0.3 is 5.97 Å². The van der Waals surface area contributed by atoms with Crippen molar-refractivity contribution in [2.45, 2.75) is 13.0 Å². The van der Waals surface area contributed by atoms with Crippen LogP contribution in [0, 0.1) is 0 Å². The van der Waals surface area contributed by atoms with E-state index in [0.717, 1.165) is 4.88 Å². The maximum atomic E-state index is 11.6. The van der Waals surface area contributed by atoms with Crippen LogP contribution < -0.4 is 5.32 Å². The van der Waals surface area contributed by atoms with Gasteiger partial charge in [0.25, 0.3) is 0 Å². The first-order valence-corrected chi connectivity index (χ1v) is 6.54. The monoisotopic (exact) mass is 270 g/mol. The van der Waals surface area contributed by atoms with Crippen LogP contribution in [0.15, 0.2) is 17.5 Å². The summed E-state index contributed by atoms with van der Waals surface area (Å²) in [7, 11) is 3.16. The van der Waals surface area contributed by atoms with Gasteiger partial charge in [0.15, 0.2) is 0 Å². The van der Waals surface area contributed by atoms with Crippen LogP contribution in [0.1, 0.15) is 11.3 Å². The molecular formula is C12H18N2O3S. The lowest BCUT2D eigenvalue weighted by Crippen LogP contribution is -2.35. The summed E-state index contributed by atoms with van der Waals surface area (Å²) in [6.07, 6.45) is 0.297. The van der Waals surface area contributed by atoms with Crippen molar-refractivity contribution in [1.29, 1.82) is 0 Å². The standard InChI is InChI=1S/C12H18N2O3S/c1-14(6-5-12(16)17-2)9-11(15)13-8-10-4-3-7-18-10/h3-4,7H,5-6,8-9H2,1-2H3,(H,13,15). The van der Waals surface area contributed by atoms with Gasteiger partial charge in [-0.25, -0.2) is 0 Å². The fraction of sp³-hybridized carbons (Fsp3) is 0.500. The van der Waals surface area contributed by atoms with Gasteiger partial charge in [-0.1, -0.05) is 6.07 Å². The molecule has 0 saturated heterocycles. The van der Waals surface area contributed by atoms with E-state index >= 15 is 0 Å². The van der Waals surface area contributed by atoms with Crippen LogP contribution in [0.4, 0.5) is 0 Å². The summed E-state index contributed by atoms with van der Waals surface area (Å²) in [5, 5.41) is 4.81. The molecule has 1 N–H and O–H groups in total. The van der Waals surface area contributed by atoms with Crippen molar-refractivity contribution in [2.24, 2.45) is 0 Å². The number of ether oxygens (including phenoxy) is 1. The Kier molecular flexibility index (Phi) is 6.38. The van der Waals surface area contributed by atoms with Crippen LogP contribution >= 0.6 is 11.3 Å². The zero-order valence-corrected chi connectivity index (χ0v) is 11.5. The van der Waals surface area contributed by atoms with Gasteiger partial charge in [0, 0.05) is 11.4 Å². The van der Waals surface area contributed by atoms with Gasteiger partial charge in [-0.3, -0.25) is 14.5 Å². The molecule has 0 aromatic carbocycles. The van der Waals surface area contributed by atoms with Crippen LogP contribution in [0.5, 0.6) is 0 Å². The van der Waals surface area contributed by atoms with Gasteiger partial charge in [0.1, 0.15) is 0 Å². The van der Waals surface area contributed by atoms with Gasteiger partial charge in [-0.15, -0.1) is 11.3 Å². The molecule has 0 fully saturated rings. The van der Waals surface area contributed by atoms with E-state index in [1.54, 1.807) is 23.3 Å². The van der Waals surface area contributed by atoms with E-state index in [1.165, 1.54) is 7.11 Å². The highest BCUT2D eigenvalue weighted by Gasteiger charge is 2.08. The summed E-state index contributed by atoms with van der Waals surface area (Å²) in [5.41, 5.74) is 0. The third kappa shape index (κ3) is 5.79. The van der Waals surface area contributed by atoms with Crippen LogP contribution in [0.3, 0.4) is 0 Å². The predicted molar refractivity (Wildman–Crippen MR) is 70.3 cm³/mol. The van der Waals surface area contributed by atoms with Gasteiger partial charge < -0.3 is 10.1 Å². The maximum absolute atomic E-state index is 11.6. The normalized spacial score (nSPS) is 10.4. The summed E-state index contributed by atoms with van der Waals surface area (Å²) in [6, 6.07) is 3.93. The van der Waals surface area contributed by atoms with Crippen molar-refractivity contribution in [3.05, 3.63) is 22.4 Å². The van der Waals surface area contributed by atoms with E-state index in [9.17, 15) is 9.59 Å². The van der Waals surface area contributed by atoms with E-state index < -0.39 is 0 Å². The van der Waals surface area contributed by atoms with E-state index in [4.69, 9.17) is 0 Å². The summed E-state index contributed by atoms with van der Waals surface area (Å²) in [5.74, 6) is -0.309. The molecule has 1 amide bonds. The Morgan fingerprint density at radius 2 is 2.28 bits per heavy atom. The van der Waals surface area contributed by atoms with Crippen molar-refractivity contribution in [3.8, 4) is 0 Å². The first-order chi connectivity index (χ1) is 8.61. The number of hydrogen-bond donors (Lipinski definition) is 1. The van der Waals surface area contributed by atoms with Gasteiger partial charge in [-0.2, -0.15) is 0 Å². The fourth-order valence-corrected chi connectivity index (χ4v) is 2.01. The van der Waals surface area contributed by atoms with E-state index in [2.05, 4.69) is 10.1 Å². The number of likely N-dealkylation sites (N-methyl/N-ethyl adjacent to an activating group) is 1. The van der Waals surface area contributed by atoms with Gasteiger partial charge in [0.05, 0.1) is 26.6 Å². The molecular weight excluding hydrogens is 252 g/mol. The Balaban J connectivity index is 2.17. The van der Waals surface area contributed by atoms with Crippen molar-refractivity contribution >= 4 is 23.2 Å². The van der Waals surface area contributed by atoms with Gasteiger partial charge in [-0.05, 0) is 18.5 Å². The minimum atomic E-state index is -0.263. The number of rotatable bonds is 7. The zero-order chi connectivity index (χ0) is 13.4. The minimum absolute atomic E-state index is 0.0456. The third-order valence-corrected chi connectivity index (χ3v) is 3.26. The number of carbonyl (C=O) groups excluding carboxylic acids is 2. The highest BCUT2D eigenvalue weighted by Crippen LogP contribution is 2.07. The quantitative estimate of drug-likeness (QED) is 0.747. The molecule has 0 aliphatic carbocycles. The highest BCUT2D eigenvalue weighted by atomic mass is 32.1. The molecule has 0 bridgehead atoms. The number of nitrogens with one attached hydrogen (secondary N) is 1. The number of carbonyl (C=O) groups is 2. The number of thiophene rings is 1. The Morgan fingerprint density at radius 1 is 1.50 bits per heavy atom. The lowest BCUT2D eigenvalue weighted by molar-refractivity contribution is -0.141. The van der Waals surface area contributed by atoms with Crippen LogP contribution in [-0.4, -0.2) is 44.0 Å². The third-order valence-electron chi connectivity index (χ3n) is 2.38. The predicted octanol–water partition coefficient (Wildman–Crippen LogP) is 0.859. The Morgan fingerprint density at radius 3 is 2.89 bits per heavy atom. The Bertz CT molecular complexity index is 379. The molecule has 0 saturated carbocycles. The molecule has 1 rings (SSSR count). The topological polar surface area (TPSA) is 58.6 Å². The lowest BCUT2D eigenvalue weighted by Gasteiger charge is -2.15. The lowest BCUT2D eigenvalue weighted by atomic mass is 10.4. The van der Waals surface area contributed by atoms with Crippen molar-refractivity contribution in [2.75, 3.05) is 27.2 Å². The van der Waals surface area contributed by atoms with Crippen molar-refractivity contribution in [1.82, 2.24) is 10.2 Å². The molecule has 1 heterocycles. The highest BCUT2D eigenvalue weighted by molar-refractivity contribution is 7.09. The number of hydrogen-bond acceptors (Lipinski definition) is 5. The zero-order valence-electron chi connectivity index (χ0n) is 10.6. The van der Waals surface area contributed by atoms with Crippen LogP contribution in [0.25, 0.3) is 0 Å². The molecule has 0 aliphatic heterocycles. The number of methoxy groups -OCH3 is 1. The first kappa shape index (κ1) is 14.7. The van der Waals surface area contributed by atoms with E-state index in [-0.39, 0.29) is 18.4 Å². The van der Waals surface area contributed by atoms with E-state index in [0.29, 0.717) is 19.5 Å². The SMILES string of the molecule is COC(=O)CCN(C)CC(=O)NCc1cccs1. The van der Waals surface area contributed by atoms with E-state index in [1.807, 2.05) is 17.5 Å². The molecule has 5 nitrogen and oxygen atoms in total. The minimum Gasteiger partial charge on any atom is -0.469 e. The molecule has 0 aliphatic rings. The molecule has 1 aromatic heterocycles. The van der Waals surface area contributed by atoms with Crippen molar-refractivity contribution < 1.29 is 14.3 Å². The van der Waals surface area contributed by atoms with Crippen molar-refractivity contribution in [3.63, 3.8) is 0 Å². The summed E-state index contributed by atoms with van der Waals surface area (Å²) in [6.45, 7) is 1.35. The van der Waals surface area contributed by atoms with Crippen LogP contribution in [0.2, 0.25) is 0 Å². The Labute approximate surface area is 111 Å². The van der Waals surface area contributed by atoms with Gasteiger partial charge in [0.2, 0.25) is 5.91 Å². The largest absolute Gasteiger partial charge is 0.469 e. The molecule has 0 spiro atoms. The molecule has 0 radical (unpaired) electrons. The number of esters is 1. The smallest absolute Gasteiger partial charge is 0.306 e. The molecule has 100 valence electrons. The maximum Gasteiger partial charge on any atom is 0.306 e. The average molecular weight is 270 g/mol. The molecule has 0 unspecified atom stereocenters. The average Bonchev–Trinajstić information content (AvgIpc) is 2.86. The fourth-order valence-electron chi connectivity index (χ4n) is 1.36. The second kappa shape index (κ2) is 7.84.